The van der Waals surface area contributed by atoms with Crippen LogP contribution in [-0.4, -0.2) is 85.0 Å². The van der Waals surface area contributed by atoms with Crippen LogP contribution in [0.1, 0.15) is 12.5 Å². The first kappa shape index (κ1) is 23.7. The van der Waals surface area contributed by atoms with E-state index >= 15 is 0 Å². The Morgan fingerprint density at radius 3 is 2.62 bits per heavy atom. The van der Waals surface area contributed by atoms with Crippen molar-refractivity contribution in [2.24, 2.45) is 4.99 Å². The van der Waals surface area contributed by atoms with Crippen LogP contribution in [-0.2, 0) is 11.3 Å². The molecule has 0 aliphatic carbocycles. The van der Waals surface area contributed by atoms with Crippen molar-refractivity contribution in [2.45, 2.75) is 13.5 Å². The minimum Gasteiger partial charge on any atom is -0.357 e. The van der Waals surface area contributed by atoms with Crippen molar-refractivity contribution in [3.8, 4) is 0 Å². The number of amides is 3. The molecule has 8 nitrogen and oxygen atoms in total. The smallest absolute Gasteiger partial charge is 0.324 e. The van der Waals surface area contributed by atoms with Crippen LogP contribution in [0.15, 0.2) is 29.3 Å². The van der Waals surface area contributed by atoms with Gasteiger partial charge in [0.05, 0.1) is 19.6 Å². The molecule has 0 spiro atoms. The second-order valence-electron chi connectivity index (χ2n) is 6.83. The molecule has 0 saturated carbocycles. The fourth-order valence-electron chi connectivity index (χ4n) is 3.37. The Balaban J connectivity index is 0.00000300. The summed E-state index contributed by atoms with van der Waals surface area (Å²) in [6, 6.07) is 7.64. The van der Waals surface area contributed by atoms with Crippen LogP contribution in [0.4, 0.5) is 4.79 Å². The zero-order chi connectivity index (χ0) is 19.9. The van der Waals surface area contributed by atoms with Crippen molar-refractivity contribution in [1.29, 1.82) is 0 Å². The van der Waals surface area contributed by atoms with Gasteiger partial charge in [-0.05, 0) is 24.6 Å². The normalized spacial score (nSPS) is 17.9. The third-order valence-corrected chi connectivity index (χ3v) is 5.06. The first-order valence-corrected chi connectivity index (χ1v) is 10.0. The molecule has 3 amide bonds. The predicted molar refractivity (Wildman–Crippen MR) is 125 cm³/mol. The maximum Gasteiger partial charge on any atom is 0.324 e. The van der Waals surface area contributed by atoms with E-state index in [0.29, 0.717) is 13.1 Å². The van der Waals surface area contributed by atoms with E-state index in [-0.39, 0.29) is 42.5 Å². The minimum atomic E-state index is -0.333. The van der Waals surface area contributed by atoms with Gasteiger partial charge in [0, 0.05) is 44.3 Å². The first-order chi connectivity index (χ1) is 13.6. The number of nitrogens with zero attached hydrogens (tertiary/aromatic N) is 4. The summed E-state index contributed by atoms with van der Waals surface area (Å²) in [5.41, 5.74) is 1.22. The number of aliphatic imine (C=N–C) groups is 1. The number of guanidine groups is 1. The highest BCUT2D eigenvalue weighted by molar-refractivity contribution is 14.0. The number of halogens is 2. The van der Waals surface area contributed by atoms with Crippen molar-refractivity contribution in [3.63, 3.8) is 0 Å². The molecule has 2 heterocycles. The molecule has 29 heavy (non-hydrogen) atoms. The molecule has 1 aromatic rings. The van der Waals surface area contributed by atoms with Gasteiger partial charge >= 0.3 is 6.03 Å². The van der Waals surface area contributed by atoms with Gasteiger partial charge in [-0.15, -0.1) is 24.0 Å². The van der Waals surface area contributed by atoms with Gasteiger partial charge in [-0.3, -0.25) is 19.6 Å². The highest BCUT2D eigenvalue weighted by Gasteiger charge is 2.27. The van der Waals surface area contributed by atoms with Crippen molar-refractivity contribution in [2.75, 3.05) is 52.4 Å². The Bertz CT molecular complexity index is 723. The monoisotopic (exact) mass is 534 g/mol. The molecule has 1 aromatic carbocycles. The summed E-state index contributed by atoms with van der Waals surface area (Å²) >= 11 is 6.08. The zero-order valence-electron chi connectivity index (χ0n) is 16.6. The van der Waals surface area contributed by atoms with E-state index in [4.69, 9.17) is 11.6 Å². The van der Waals surface area contributed by atoms with Gasteiger partial charge in [0.25, 0.3) is 0 Å². The quantitative estimate of drug-likeness (QED) is 0.251. The van der Waals surface area contributed by atoms with Crippen molar-refractivity contribution in [3.05, 3.63) is 34.9 Å². The molecule has 2 fully saturated rings. The summed E-state index contributed by atoms with van der Waals surface area (Å²) in [6.07, 6.45) is 0. The molecular formula is C19H28ClIN6O2. The number of urea groups is 1. The summed E-state index contributed by atoms with van der Waals surface area (Å²) in [5.74, 6) is 0.636. The second-order valence-corrected chi connectivity index (χ2v) is 7.27. The zero-order valence-corrected chi connectivity index (χ0v) is 19.7. The Morgan fingerprint density at radius 2 is 2.00 bits per heavy atom. The third kappa shape index (κ3) is 6.71. The number of hydrogen-bond acceptors (Lipinski definition) is 4. The SMILES string of the molecule is CCNC(=NCCN1C(=O)CNC1=O)N1CCN(Cc2cccc(Cl)c2)CC1.I. The summed E-state index contributed by atoms with van der Waals surface area (Å²) in [4.78, 5) is 33.7. The fraction of sp³-hybridized carbons (Fsp3) is 0.526. The molecular weight excluding hydrogens is 507 g/mol. The highest BCUT2D eigenvalue weighted by atomic mass is 127. The number of benzene rings is 1. The Labute approximate surface area is 193 Å². The van der Waals surface area contributed by atoms with Crippen LogP contribution in [0, 0.1) is 0 Å². The van der Waals surface area contributed by atoms with E-state index in [2.05, 4.69) is 31.5 Å². The number of piperazine rings is 1. The summed E-state index contributed by atoms with van der Waals surface area (Å²) in [5, 5.41) is 6.60. The lowest BCUT2D eigenvalue weighted by atomic mass is 10.2. The van der Waals surface area contributed by atoms with Crippen LogP contribution in [0.2, 0.25) is 5.02 Å². The Hall–Kier alpha value is -1.59. The van der Waals surface area contributed by atoms with E-state index in [9.17, 15) is 9.59 Å². The minimum absolute atomic E-state index is 0. The summed E-state index contributed by atoms with van der Waals surface area (Å²) in [6.45, 7) is 8.07. The van der Waals surface area contributed by atoms with Crippen molar-refractivity contribution >= 4 is 53.5 Å². The molecule has 0 unspecified atom stereocenters. The molecule has 0 atom stereocenters. The average Bonchev–Trinajstić information content (AvgIpc) is 3.00. The molecule has 160 valence electrons. The van der Waals surface area contributed by atoms with Gasteiger partial charge in [-0.25, -0.2) is 4.79 Å². The average molecular weight is 535 g/mol. The standard InChI is InChI=1S/C19H27ClN6O2.HI/c1-2-21-18(22-6-7-26-17(27)13-23-19(26)28)25-10-8-24(9-11-25)14-15-4-3-5-16(20)12-15;/h3-5,12H,2,6-11,13-14H2,1H3,(H,21,22)(H,23,28);1H. The van der Waals surface area contributed by atoms with E-state index in [1.165, 1.54) is 10.5 Å². The summed E-state index contributed by atoms with van der Waals surface area (Å²) < 4.78 is 0. The Kier molecular flexibility index (Phi) is 9.44. The first-order valence-electron chi connectivity index (χ1n) is 9.65. The van der Waals surface area contributed by atoms with Crippen molar-refractivity contribution in [1.82, 2.24) is 25.3 Å². The van der Waals surface area contributed by atoms with E-state index < -0.39 is 0 Å². The van der Waals surface area contributed by atoms with Gasteiger partial charge in [0.1, 0.15) is 0 Å². The van der Waals surface area contributed by atoms with Gasteiger partial charge in [0.15, 0.2) is 5.96 Å². The fourth-order valence-corrected chi connectivity index (χ4v) is 3.59. The molecule has 10 heteroatoms. The largest absolute Gasteiger partial charge is 0.357 e. The number of nitrogens with one attached hydrogen (secondary N) is 2. The maximum absolute atomic E-state index is 11.6. The lowest BCUT2D eigenvalue weighted by Gasteiger charge is -2.36. The third-order valence-electron chi connectivity index (χ3n) is 4.82. The van der Waals surface area contributed by atoms with Crippen LogP contribution < -0.4 is 10.6 Å². The van der Waals surface area contributed by atoms with E-state index in [1.807, 2.05) is 25.1 Å². The Morgan fingerprint density at radius 1 is 1.24 bits per heavy atom. The molecule has 0 aromatic heterocycles. The summed E-state index contributed by atoms with van der Waals surface area (Å²) in [7, 11) is 0. The molecule has 3 rings (SSSR count). The molecule has 2 saturated heterocycles. The number of carbonyl (C=O) groups excluding carboxylic acids is 2. The van der Waals surface area contributed by atoms with Crippen LogP contribution in [0.3, 0.4) is 0 Å². The van der Waals surface area contributed by atoms with Gasteiger partial charge in [-0.2, -0.15) is 0 Å². The van der Waals surface area contributed by atoms with Gasteiger partial charge < -0.3 is 15.5 Å². The molecule has 2 N–H and O–H groups in total. The predicted octanol–water partition coefficient (Wildman–Crippen LogP) is 1.59. The van der Waals surface area contributed by atoms with Crippen LogP contribution in [0.5, 0.6) is 0 Å². The number of carbonyl (C=O) groups is 2. The number of rotatable bonds is 6. The number of hydrogen-bond donors (Lipinski definition) is 2. The second kappa shape index (κ2) is 11.6. The molecule has 2 aliphatic heterocycles. The highest BCUT2D eigenvalue weighted by Crippen LogP contribution is 2.14. The van der Waals surface area contributed by atoms with Crippen LogP contribution >= 0.6 is 35.6 Å². The number of imide groups is 1. The van der Waals surface area contributed by atoms with Crippen molar-refractivity contribution < 1.29 is 9.59 Å². The lowest BCUT2D eigenvalue weighted by molar-refractivity contribution is -0.124. The molecule has 2 aliphatic rings. The van der Waals surface area contributed by atoms with Crippen LogP contribution in [0.25, 0.3) is 0 Å². The lowest BCUT2D eigenvalue weighted by Crippen LogP contribution is -2.52. The van der Waals surface area contributed by atoms with E-state index in [1.54, 1.807) is 0 Å². The molecule has 0 bridgehead atoms. The maximum atomic E-state index is 11.6. The topological polar surface area (TPSA) is 80.3 Å². The van der Waals surface area contributed by atoms with Gasteiger partial charge in [-0.1, -0.05) is 23.7 Å². The molecule has 0 radical (unpaired) electrons. The van der Waals surface area contributed by atoms with Gasteiger partial charge in [0.2, 0.25) is 5.91 Å². The van der Waals surface area contributed by atoms with E-state index in [0.717, 1.165) is 50.3 Å².